The lowest BCUT2D eigenvalue weighted by atomic mass is 9.71. The van der Waals surface area contributed by atoms with Crippen molar-refractivity contribution in [3.8, 4) is 6.07 Å². The first-order valence-corrected chi connectivity index (χ1v) is 13.9. The van der Waals surface area contributed by atoms with Crippen LogP contribution in [-0.2, 0) is 34.1 Å². The molecule has 218 valence electrons. The number of esters is 2. The molecule has 0 bridgehead atoms. The minimum absolute atomic E-state index is 0.209. The van der Waals surface area contributed by atoms with Crippen molar-refractivity contribution in [3.05, 3.63) is 29.8 Å². The van der Waals surface area contributed by atoms with Crippen molar-refractivity contribution in [2.24, 2.45) is 16.7 Å². The Kier molecular flexibility index (Phi) is 8.54. The van der Waals surface area contributed by atoms with Crippen LogP contribution < -0.4 is 0 Å². The maximum Gasteiger partial charge on any atom is 0.313 e. The summed E-state index contributed by atoms with van der Waals surface area (Å²) in [5.74, 6) is -0.656. The van der Waals surface area contributed by atoms with Crippen molar-refractivity contribution in [1.82, 2.24) is 14.6 Å². The predicted octanol–water partition coefficient (Wildman–Crippen LogP) is 3.60. The fourth-order valence-corrected chi connectivity index (χ4v) is 5.55. The fraction of sp³-hybridized carbons (Fsp3) is 0.690. The molecule has 4 atom stereocenters. The molecular weight excluding hydrogens is 516 g/mol. The Labute approximate surface area is 234 Å². The molecule has 2 aliphatic rings. The van der Waals surface area contributed by atoms with Crippen molar-refractivity contribution in [2.75, 3.05) is 13.4 Å². The number of hydrogen-bond acceptors (Lipinski definition) is 10. The molecule has 0 unspecified atom stereocenters. The number of aryl methyl sites for hydroxylation is 1. The summed E-state index contributed by atoms with van der Waals surface area (Å²) >= 11 is 0. The molecule has 1 saturated carbocycles. The van der Waals surface area contributed by atoms with Gasteiger partial charge in [-0.15, -0.1) is 0 Å². The van der Waals surface area contributed by atoms with Crippen LogP contribution in [0.2, 0.25) is 0 Å². The maximum absolute atomic E-state index is 13.3. The molecule has 2 aromatic heterocycles. The van der Waals surface area contributed by atoms with Crippen LogP contribution >= 0.6 is 0 Å². The van der Waals surface area contributed by atoms with E-state index in [9.17, 15) is 20.0 Å². The molecular formula is C29H40N4O7. The summed E-state index contributed by atoms with van der Waals surface area (Å²) in [7, 11) is 0. The third kappa shape index (κ3) is 5.57. The minimum Gasteiger partial charge on any atom is -0.462 e. The van der Waals surface area contributed by atoms with E-state index in [0.29, 0.717) is 11.2 Å². The maximum atomic E-state index is 13.3. The highest BCUT2D eigenvalue weighted by atomic mass is 16.7. The van der Waals surface area contributed by atoms with Gasteiger partial charge in [-0.25, -0.2) is 9.50 Å². The minimum atomic E-state index is -1.90. The van der Waals surface area contributed by atoms with Crippen LogP contribution in [0.5, 0.6) is 0 Å². The molecule has 4 rings (SSSR count). The number of ether oxygens (including phenoxy) is 4. The van der Waals surface area contributed by atoms with Crippen LogP contribution in [0.3, 0.4) is 0 Å². The molecule has 1 aliphatic heterocycles. The molecule has 2 aromatic rings. The van der Waals surface area contributed by atoms with Crippen molar-refractivity contribution in [3.63, 3.8) is 0 Å². The van der Waals surface area contributed by atoms with Gasteiger partial charge in [-0.1, -0.05) is 19.3 Å². The van der Waals surface area contributed by atoms with Crippen LogP contribution in [0.15, 0.2) is 18.5 Å². The molecule has 1 N–H and O–H groups in total. The monoisotopic (exact) mass is 556 g/mol. The lowest BCUT2D eigenvalue weighted by Gasteiger charge is -2.35. The normalized spacial score (nSPS) is 26.0. The summed E-state index contributed by atoms with van der Waals surface area (Å²) in [5, 5.41) is 26.2. The highest BCUT2D eigenvalue weighted by molar-refractivity contribution is 5.76. The number of nitrogens with zero attached hydrogens (tertiary/aromatic N) is 4. The van der Waals surface area contributed by atoms with E-state index in [1.165, 1.54) is 17.3 Å². The standard InChI is InChI=1S/C29H40N4O7/c1-18-20-12-13-22(33(20)32-16-31-18)29(15-30)24(34)23(38-17-39-25(35)27(2,3)4)21(40-29)14-37-26(36)28(5,6)19-10-8-7-9-11-19/h12-13,16,19,21,23-24,34H,7-11,14,17H2,1-6H3/t21-,23-,24-,29+/m1/s1. The van der Waals surface area contributed by atoms with E-state index in [0.717, 1.165) is 25.7 Å². The molecule has 2 fully saturated rings. The van der Waals surface area contributed by atoms with E-state index < -0.39 is 47.5 Å². The average Bonchev–Trinajstić information content (AvgIpc) is 3.47. The van der Waals surface area contributed by atoms with Crippen LogP contribution in [0, 0.1) is 35.0 Å². The van der Waals surface area contributed by atoms with Crippen LogP contribution in [-0.4, -0.2) is 63.4 Å². The number of carbonyl (C=O) groups is 2. The number of aliphatic hydroxyl groups is 1. The summed E-state index contributed by atoms with van der Waals surface area (Å²) in [6.07, 6.45) is 2.93. The van der Waals surface area contributed by atoms with Gasteiger partial charge >= 0.3 is 11.9 Å². The number of aromatic nitrogens is 3. The molecule has 1 aliphatic carbocycles. The van der Waals surface area contributed by atoms with E-state index >= 15 is 0 Å². The zero-order valence-electron chi connectivity index (χ0n) is 24.2. The van der Waals surface area contributed by atoms with Gasteiger partial charge in [-0.3, -0.25) is 9.59 Å². The number of nitriles is 1. The summed E-state index contributed by atoms with van der Waals surface area (Å²) in [5.41, 5.74) is -1.76. The van der Waals surface area contributed by atoms with Gasteiger partial charge in [0.15, 0.2) is 6.79 Å². The molecule has 11 heteroatoms. The first-order chi connectivity index (χ1) is 18.8. The Morgan fingerprint density at radius 3 is 2.50 bits per heavy atom. The Hall–Kier alpha value is -3.07. The van der Waals surface area contributed by atoms with Crippen molar-refractivity contribution in [2.45, 2.75) is 97.6 Å². The Balaban J connectivity index is 1.59. The van der Waals surface area contributed by atoms with Crippen LogP contribution in [0.25, 0.3) is 5.52 Å². The molecule has 0 amide bonds. The van der Waals surface area contributed by atoms with Gasteiger partial charge in [0.25, 0.3) is 0 Å². The fourth-order valence-electron chi connectivity index (χ4n) is 5.55. The van der Waals surface area contributed by atoms with Crippen LogP contribution in [0.1, 0.15) is 78.1 Å². The third-order valence-corrected chi connectivity index (χ3v) is 8.22. The summed E-state index contributed by atoms with van der Waals surface area (Å²) in [6, 6.07) is 5.49. The van der Waals surface area contributed by atoms with Crippen molar-refractivity contribution < 1.29 is 33.6 Å². The molecule has 11 nitrogen and oxygen atoms in total. The highest BCUT2D eigenvalue weighted by Gasteiger charge is 2.59. The van der Waals surface area contributed by atoms with Gasteiger partial charge in [0.2, 0.25) is 5.60 Å². The molecule has 3 heterocycles. The summed E-state index contributed by atoms with van der Waals surface area (Å²) in [4.78, 5) is 29.7. The Morgan fingerprint density at radius 1 is 1.15 bits per heavy atom. The van der Waals surface area contributed by atoms with Gasteiger partial charge < -0.3 is 24.1 Å². The number of aliphatic hydroxyl groups excluding tert-OH is 1. The lowest BCUT2D eigenvalue weighted by molar-refractivity contribution is -0.179. The zero-order chi connectivity index (χ0) is 29.3. The molecule has 40 heavy (non-hydrogen) atoms. The average molecular weight is 557 g/mol. The zero-order valence-corrected chi connectivity index (χ0v) is 24.2. The van der Waals surface area contributed by atoms with E-state index in [2.05, 4.69) is 16.2 Å². The van der Waals surface area contributed by atoms with Crippen molar-refractivity contribution >= 4 is 17.5 Å². The SMILES string of the molecule is Cc1ncnn2c([C@]3(C#N)O[C@H](COC(=O)C(C)(C)C4CCCCC4)[C@@H](OCOC(=O)C(C)(C)C)[C@H]3O)ccc12. The van der Waals surface area contributed by atoms with Gasteiger partial charge in [0.1, 0.15) is 37.3 Å². The van der Waals surface area contributed by atoms with Crippen LogP contribution in [0.4, 0.5) is 0 Å². The van der Waals surface area contributed by atoms with Gasteiger partial charge in [0, 0.05) is 0 Å². The molecule has 0 aromatic carbocycles. The summed E-state index contributed by atoms with van der Waals surface area (Å²) < 4.78 is 24.5. The third-order valence-electron chi connectivity index (χ3n) is 8.22. The molecule has 1 saturated heterocycles. The topological polar surface area (TPSA) is 145 Å². The lowest BCUT2D eigenvalue weighted by Crippen LogP contribution is -2.43. The van der Waals surface area contributed by atoms with E-state index in [1.54, 1.807) is 39.8 Å². The number of rotatable bonds is 8. The second-order valence-corrected chi connectivity index (χ2v) is 12.4. The first-order valence-electron chi connectivity index (χ1n) is 13.9. The molecule has 0 radical (unpaired) electrons. The second-order valence-electron chi connectivity index (χ2n) is 12.4. The van der Waals surface area contributed by atoms with E-state index in [4.69, 9.17) is 18.9 Å². The quantitative estimate of drug-likeness (QED) is 0.378. The van der Waals surface area contributed by atoms with E-state index in [1.807, 2.05) is 13.8 Å². The smallest absolute Gasteiger partial charge is 0.313 e. The second kappa shape index (κ2) is 11.4. The summed E-state index contributed by atoms with van der Waals surface area (Å²) in [6.45, 7) is 9.98. The number of carbonyl (C=O) groups excluding carboxylic acids is 2. The predicted molar refractivity (Wildman–Crippen MR) is 142 cm³/mol. The van der Waals surface area contributed by atoms with Gasteiger partial charge in [-0.05, 0) is 72.4 Å². The Bertz CT molecular complexity index is 1270. The highest BCUT2D eigenvalue weighted by Crippen LogP contribution is 2.43. The first kappa shape index (κ1) is 29.9. The van der Waals surface area contributed by atoms with Crippen molar-refractivity contribution in [1.29, 1.82) is 5.26 Å². The largest absolute Gasteiger partial charge is 0.462 e. The number of fused-ring (bicyclic) bond motifs is 1. The van der Waals surface area contributed by atoms with Gasteiger partial charge in [0.05, 0.1) is 27.7 Å². The number of hydrogen-bond donors (Lipinski definition) is 1. The Morgan fingerprint density at radius 2 is 1.85 bits per heavy atom. The van der Waals surface area contributed by atoms with Gasteiger partial charge in [-0.2, -0.15) is 10.4 Å². The molecule has 0 spiro atoms. The van der Waals surface area contributed by atoms with E-state index in [-0.39, 0.29) is 24.2 Å².